The minimum Gasteiger partial charge on any atom is -0.316 e. The highest BCUT2D eigenvalue weighted by Gasteiger charge is 2.00. The number of hydrogen-bond donors (Lipinski definition) is 1. The maximum Gasteiger partial charge on any atom is 0.0157 e. The Bertz CT molecular complexity index is 62.3. The van der Waals surface area contributed by atoms with E-state index in [1.807, 2.05) is 0 Å². The van der Waals surface area contributed by atoms with Gasteiger partial charge in [0.05, 0.1) is 0 Å². The molecule has 0 atom stereocenters. The Kier molecular flexibility index (Phi) is 7.88. The summed E-state index contributed by atoms with van der Waals surface area (Å²) in [4.78, 5) is 0. The zero-order valence-electron chi connectivity index (χ0n) is 6.99. The third kappa shape index (κ3) is 5.24. The molecule has 0 aromatic rings. The van der Waals surface area contributed by atoms with Crippen LogP contribution in [0.3, 0.4) is 0 Å². The molecule has 10 heavy (non-hydrogen) atoms. The molecule has 0 saturated heterocycles. The minimum atomic E-state index is 0.874. The van der Waals surface area contributed by atoms with E-state index in [4.69, 9.17) is 0 Å². The largest absolute Gasteiger partial charge is 0.316 e. The van der Waals surface area contributed by atoms with Gasteiger partial charge in [-0.25, -0.2) is 0 Å². The highest BCUT2D eigenvalue weighted by Crippen LogP contribution is 2.04. The van der Waals surface area contributed by atoms with Crippen LogP contribution in [-0.2, 0) is 0 Å². The van der Waals surface area contributed by atoms with Crippen LogP contribution in [0.4, 0.5) is 0 Å². The lowest BCUT2D eigenvalue weighted by atomic mass is 10.0. The van der Waals surface area contributed by atoms with E-state index in [0.717, 1.165) is 17.8 Å². The van der Waals surface area contributed by atoms with Gasteiger partial charge in [0.15, 0.2) is 0 Å². The molecule has 0 amide bonds. The van der Waals surface area contributed by atoms with Gasteiger partial charge < -0.3 is 5.32 Å². The zero-order valence-corrected chi connectivity index (χ0v) is 8.58. The van der Waals surface area contributed by atoms with Gasteiger partial charge in [0.1, 0.15) is 0 Å². The smallest absolute Gasteiger partial charge is 0.0157 e. The summed E-state index contributed by atoms with van der Waals surface area (Å²) < 4.78 is 0. The maximum absolute atomic E-state index is 3.39. The first-order valence-electron chi connectivity index (χ1n) is 4.11. The van der Waals surface area contributed by atoms with Crippen molar-refractivity contribution >= 4 is 15.9 Å². The SMILES string of the molecule is CCC(CC)CNCCBr. The number of nitrogens with one attached hydrogen (secondary N) is 1. The number of rotatable bonds is 6. The summed E-state index contributed by atoms with van der Waals surface area (Å²) >= 11 is 3.38. The summed E-state index contributed by atoms with van der Waals surface area (Å²) in [5.41, 5.74) is 0. The Morgan fingerprint density at radius 3 is 2.30 bits per heavy atom. The lowest BCUT2D eigenvalue weighted by Crippen LogP contribution is -2.23. The molecule has 0 aromatic heterocycles. The van der Waals surface area contributed by atoms with Crippen molar-refractivity contribution in [3.63, 3.8) is 0 Å². The summed E-state index contributed by atoms with van der Waals surface area (Å²) in [6.07, 6.45) is 2.59. The van der Waals surface area contributed by atoms with Gasteiger partial charge >= 0.3 is 0 Å². The molecule has 0 aliphatic carbocycles. The second-order valence-electron chi connectivity index (χ2n) is 2.58. The average molecular weight is 208 g/mol. The third-order valence-electron chi connectivity index (χ3n) is 1.86. The topological polar surface area (TPSA) is 12.0 Å². The number of halogens is 1. The van der Waals surface area contributed by atoms with Gasteiger partial charge in [-0.15, -0.1) is 0 Å². The molecule has 0 rings (SSSR count). The first kappa shape index (κ1) is 10.4. The highest BCUT2D eigenvalue weighted by atomic mass is 79.9. The quantitative estimate of drug-likeness (QED) is 0.522. The van der Waals surface area contributed by atoms with Crippen LogP contribution in [0, 0.1) is 5.92 Å². The van der Waals surface area contributed by atoms with Crippen LogP contribution in [0.1, 0.15) is 26.7 Å². The van der Waals surface area contributed by atoms with Crippen molar-refractivity contribution in [1.82, 2.24) is 5.32 Å². The van der Waals surface area contributed by atoms with E-state index in [9.17, 15) is 0 Å². The van der Waals surface area contributed by atoms with Crippen molar-refractivity contribution in [2.45, 2.75) is 26.7 Å². The summed E-state index contributed by atoms with van der Waals surface area (Å²) in [7, 11) is 0. The van der Waals surface area contributed by atoms with Crippen LogP contribution in [-0.4, -0.2) is 18.4 Å². The molecule has 0 aromatic carbocycles. The molecule has 2 heteroatoms. The molecule has 1 nitrogen and oxygen atoms in total. The van der Waals surface area contributed by atoms with E-state index in [-0.39, 0.29) is 0 Å². The van der Waals surface area contributed by atoms with E-state index >= 15 is 0 Å². The molecule has 0 heterocycles. The Morgan fingerprint density at radius 1 is 1.30 bits per heavy atom. The molecular weight excluding hydrogens is 190 g/mol. The maximum atomic E-state index is 3.39. The minimum absolute atomic E-state index is 0.874. The Labute approximate surface area is 72.7 Å². The van der Waals surface area contributed by atoms with Crippen molar-refractivity contribution in [2.75, 3.05) is 18.4 Å². The van der Waals surface area contributed by atoms with Gasteiger partial charge in [0, 0.05) is 11.9 Å². The molecule has 0 radical (unpaired) electrons. The van der Waals surface area contributed by atoms with Crippen LogP contribution >= 0.6 is 15.9 Å². The summed E-state index contributed by atoms with van der Waals surface area (Å²) in [5.74, 6) is 0.874. The van der Waals surface area contributed by atoms with Crippen molar-refractivity contribution < 1.29 is 0 Å². The first-order valence-corrected chi connectivity index (χ1v) is 5.23. The molecule has 0 saturated carbocycles. The molecular formula is C8H18BrN. The molecule has 0 aliphatic heterocycles. The van der Waals surface area contributed by atoms with Crippen LogP contribution in [0.5, 0.6) is 0 Å². The highest BCUT2D eigenvalue weighted by molar-refractivity contribution is 9.09. The van der Waals surface area contributed by atoms with Crippen LogP contribution in [0.2, 0.25) is 0 Å². The van der Waals surface area contributed by atoms with Gasteiger partial charge in [-0.2, -0.15) is 0 Å². The second kappa shape index (κ2) is 7.55. The molecule has 0 spiro atoms. The summed E-state index contributed by atoms with van der Waals surface area (Å²) in [6.45, 7) is 6.78. The van der Waals surface area contributed by atoms with Crippen molar-refractivity contribution in [3.05, 3.63) is 0 Å². The first-order chi connectivity index (χ1) is 4.85. The second-order valence-corrected chi connectivity index (χ2v) is 3.37. The summed E-state index contributed by atoms with van der Waals surface area (Å²) in [5, 5.41) is 4.45. The van der Waals surface area contributed by atoms with Crippen molar-refractivity contribution in [1.29, 1.82) is 0 Å². The Hall–Kier alpha value is 0.440. The van der Waals surface area contributed by atoms with Gasteiger partial charge in [-0.3, -0.25) is 0 Å². The van der Waals surface area contributed by atoms with E-state index in [2.05, 4.69) is 35.1 Å². The van der Waals surface area contributed by atoms with E-state index in [1.54, 1.807) is 0 Å². The Morgan fingerprint density at radius 2 is 1.90 bits per heavy atom. The standard InChI is InChI=1S/C8H18BrN/c1-3-8(4-2)7-10-6-5-9/h8,10H,3-7H2,1-2H3. The normalized spacial score (nSPS) is 10.8. The molecule has 62 valence electrons. The van der Waals surface area contributed by atoms with Gasteiger partial charge in [-0.05, 0) is 12.5 Å². The summed E-state index contributed by atoms with van der Waals surface area (Å²) in [6, 6.07) is 0. The number of hydrogen-bond acceptors (Lipinski definition) is 1. The zero-order chi connectivity index (χ0) is 7.82. The van der Waals surface area contributed by atoms with E-state index in [0.29, 0.717) is 0 Å². The molecule has 0 aliphatic rings. The fraction of sp³-hybridized carbons (Fsp3) is 1.00. The molecule has 1 N–H and O–H groups in total. The predicted molar refractivity (Wildman–Crippen MR) is 50.7 cm³/mol. The van der Waals surface area contributed by atoms with Crippen molar-refractivity contribution in [3.8, 4) is 0 Å². The Balaban J connectivity index is 3.09. The molecule has 0 unspecified atom stereocenters. The van der Waals surface area contributed by atoms with E-state index in [1.165, 1.54) is 19.4 Å². The average Bonchev–Trinajstić information content (AvgIpc) is 1.99. The fourth-order valence-electron chi connectivity index (χ4n) is 0.950. The van der Waals surface area contributed by atoms with E-state index < -0.39 is 0 Å². The van der Waals surface area contributed by atoms with Crippen LogP contribution in [0.25, 0.3) is 0 Å². The fourth-order valence-corrected chi connectivity index (χ4v) is 1.23. The third-order valence-corrected chi connectivity index (χ3v) is 2.26. The predicted octanol–water partition coefficient (Wildman–Crippen LogP) is 2.41. The lowest BCUT2D eigenvalue weighted by molar-refractivity contribution is 0.458. The monoisotopic (exact) mass is 207 g/mol. The van der Waals surface area contributed by atoms with Gasteiger partial charge in [0.2, 0.25) is 0 Å². The van der Waals surface area contributed by atoms with Crippen LogP contribution < -0.4 is 5.32 Å². The van der Waals surface area contributed by atoms with Gasteiger partial charge in [-0.1, -0.05) is 42.6 Å². The van der Waals surface area contributed by atoms with Gasteiger partial charge in [0.25, 0.3) is 0 Å². The molecule has 0 fully saturated rings. The van der Waals surface area contributed by atoms with Crippen LogP contribution in [0.15, 0.2) is 0 Å². The van der Waals surface area contributed by atoms with Crippen molar-refractivity contribution in [2.24, 2.45) is 5.92 Å². The lowest BCUT2D eigenvalue weighted by Gasteiger charge is -2.11. The number of alkyl halides is 1. The molecule has 0 bridgehead atoms.